The normalized spacial score (nSPS) is 12.3. The highest BCUT2D eigenvalue weighted by Gasteiger charge is 2.16. The van der Waals surface area contributed by atoms with Crippen LogP contribution in [0.3, 0.4) is 0 Å². The quantitative estimate of drug-likeness (QED) is 0.591. The first kappa shape index (κ1) is 19.6. The van der Waals surface area contributed by atoms with Crippen LogP contribution in [0.1, 0.15) is 23.7 Å². The summed E-state index contributed by atoms with van der Waals surface area (Å²) < 4.78 is 9.36. The highest BCUT2D eigenvalue weighted by atomic mass is 16.5. The third-order valence-electron chi connectivity index (χ3n) is 4.56. The number of carbonyl (C=O) groups is 1. The maximum Gasteiger partial charge on any atom is 0.332 e. The lowest BCUT2D eigenvalue weighted by atomic mass is 10.1. The van der Waals surface area contributed by atoms with Crippen LogP contribution in [0.5, 0.6) is 5.75 Å². The Morgan fingerprint density at radius 2 is 1.86 bits per heavy atom. The number of nitrogens with zero attached hydrogens (tertiary/aromatic N) is 4. The van der Waals surface area contributed by atoms with E-state index in [1.54, 1.807) is 31.2 Å². The summed E-state index contributed by atoms with van der Waals surface area (Å²) in [7, 11) is 2.93. The molecule has 2 heterocycles. The molecule has 0 saturated heterocycles. The van der Waals surface area contributed by atoms with E-state index in [-0.39, 0.29) is 30.1 Å². The second-order valence-corrected chi connectivity index (χ2v) is 6.54. The number of aromatic nitrogens is 4. The van der Waals surface area contributed by atoms with Gasteiger partial charge in [-0.3, -0.25) is 18.7 Å². The zero-order valence-electron chi connectivity index (χ0n) is 16.0. The van der Waals surface area contributed by atoms with Gasteiger partial charge >= 0.3 is 5.69 Å². The molecule has 0 bridgehead atoms. The number of Topliss-reactive ketones (excluding diaryl/α,β-unsaturated/α-hetero) is 1. The van der Waals surface area contributed by atoms with E-state index in [0.29, 0.717) is 17.7 Å². The van der Waals surface area contributed by atoms with Crippen molar-refractivity contribution in [3.05, 3.63) is 57.0 Å². The Morgan fingerprint density at radius 1 is 1.18 bits per heavy atom. The molecule has 28 heavy (non-hydrogen) atoms. The van der Waals surface area contributed by atoms with Crippen LogP contribution < -0.4 is 16.0 Å². The number of benzene rings is 1. The van der Waals surface area contributed by atoms with Crippen molar-refractivity contribution < 1.29 is 14.6 Å². The number of aryl methyl sites for hydroxylation is 1. The van der Waals surface area contributed by atoms with Gasteiger partial charge in [0.25, 0.3) is 5.56 Å². The predicted octanol–water partition coefficient (Wildman–Crippen LogP) is 0.466. The number of carbonyl (C=O) groups excluding carboxylic acids is 1. The van der Waals surface area contributed by atoms with Gasteiger partial charge in [0.15, 0.2) is 16.9 Å². The van der Waals surface area contributed by atoms with Crippen LogP contribution in [0.15, 0.2) is 40.2 Å². The van der Waals surface area contributed by atoms with Crippen LogP contribution in [0, 0.1) is 0 Å². The summed E-state index contributed by atoms with van der Waals surface area (Å²) in [5.74, 6) is 0.579. The zero-order chi connectivity index (χ0) is 20.4. The first-order chi connectivity index (χ1) is 13.3. The lowest BCUT2D eigenvalue weighted by Crippen LogP contribution is -2.38. The number of hydrogen-bond donors (Lipinski definition) is 1. The summed E-state index contributed by atoms with van der Waals surface area (Å²) in [6.45, 7) is 1.87. The number of rotatable bonds is 7. The SMILES string of the molecule is CCC(=O)c1ccc(OCC(O)Cn2cnc3c2c(=O)n(C)c(=O)n3C)cc1. The molecule has 1 unspecified atom stereocenters. The standard InChI is InChI=1S/C19H22N4O5/c1-4-15(25)12-5-7-14(8-6-12)28-10-13(24)9-23-11-20-17-16(23)18(26)22(3)19(27)21(17)2/h5-8,11,13,24H,4,9-10H2,1-3H3. The Labute approximate surface area is 160 Å². The van der Waals surface area contributed by atoms with Crippen LogP contribution in [0.25, 0.3) is 11.2 Å². The number of imidazole rings is 1. The minimum atomic E-state index is -0.906. The van der Waals surface area contributed by atoms with Gasteiger partial charge in [0.1, 0.15) is 18.5 Å². The van der Waals surface area contributed by atoms with Crippen LogP contribution in [0.2, 0.25) is 0 Å². The van der Waals surface area contributed by atoms with Gasteiger partial charge in [-0.2, -0.15) is 0 Å². The Bertz CT molecular complexity index is 1120. The van der Waals surface area contributed by atoms with Crippen molar-refractivity contribution >= 4 is 16.9 Å². The maximum atomic E-state index is 12.4. The number of ether oxygens (including phenoxy) is 1. The molecule has 9 heteroatoms. The average molecular weight is 386 g/mol. The molecule has 0 saturated carbocycles. The van der Waals surface area contributed by atoms with E-state index >= 15 is 0 Å². The molecule has 3 aromatic rings. The Morgan fingerprint density at radius 3 is 2.50 bits per heavy atom. The van der Waals surface area contributed by atoms with E-state index in [4.69, 9.17) is 4.74 Å². The van der Waals surface area contributed by atoms with E-state index in [9.17, 15) is 19.5 Å². The zero-order valence-corrected chi connectivity index (χ0v) is 16.0. The molecule has 0 fully saturated rings. The fraction of sp³-hybridized carbons (Fsp3) is 0.368. The van der Waals surface area contributed by atoms with Crippen LogP contribution >= 0.6 is 0 Å². The fourth-order valence-corrected chi connectivity index (χ4v) is 2.95. The van der Waals surface area contributed by atoms with Crippen LogP contribution in [-0.4, -0.2) is 42.3 Å². The molecule has 0 aliphatic rings. The Balaban J connectivity index is 1.72. The van der Waals surface area contributed by atoms with Gasteiger partial charge in [0, 0.05) is 26.1 Å². The number of ketones is 1. The van der Waals surface area contributed by atoms with Crippen molar-refractivity contribution in [1.82, 2.24) is 18.7 Å². The fourth-order valence-electron chi connectivity index (χ4n) is 2.95. The lowest BCUT2D eigenvalue weighted by molar-refractivity contribution is 0.0931. The summed E-state index contributed by atoms with van der Waals surface area (Å²) >= 11 is 0. The van der Waals surface area contributed by atoms with Crippen molar-refractivity contribution in [2.75, 3.05) is 6.61 Å². The number of aliphatic hydroxyl groups is 1. The van der Waals surface area contributed by atoms with E-state index in [1.165, 1.54) is 29.6 Å². The average Bonchev–Trinajstić information content (AvgIpc) is 3.12. The summed E-state index contributed by atoms with van der Waals surface area (Å²) in [4.78, 5) is 40.1. The first-order valence-corrected chi connectivity index (χ1v) is 8.88. The summed E-state index contributed by atoms with van der Waals surface area (Å²) in [5.41, 5.74) is 0.182. The molecule has 1 aromatic carbocycles. The van der Waals surface area contributed by atoms with Crippen molar-refractivity contribution in [3.63, 3.8) is 0 Å². The van der Waals surface area contributed by atoms with E-state index in [2.05, 4.69) is 4.98 Å². The second-order valence-electron chi connectivity index (χ2n) is 6.54. The second kappa shape index (κ2) is 7.81. The highest BCUT2D eigenvalue weighted by molar-refractivity contribution is 5.95. The topological polar surface area (TPSA) is 108 Å². The third kappa shape index (κ3) is 3.61. The van der Waals surface area contributed by atoms with Crippen molar-refractivity contribution in [3.8, 4) is 5.75 Å². The van der Waals surface area contributed by atoms with Gasteiger partial charge in [-0.15, -0.1) is 0 Å². The molecule has 148 valence electrons. The molecule has 3 rings (SSSR count). The predicted molar refractivity (Wildman–Crippen MR) is 103 cm³/mol. The van der Waals surface area contributed by atoms with Crippen molar-refractivity contribution in [1.29, 1.82) is 0 Å². The molecular formula is C19H22N4O5. The molecule has 9 nitrogen and oxygen atoms in total. The first-order valence-electron chi connectivity index (χ1n) is 8.88. The maximum absolute atomic E-state index is 12.4. The molecule has 1 N–H and O–H groups in total. The Kier molecular flexibility index (Phi) is 5.46. The smallest absolute Gasteiger partial charge is 0.332 e. The minimum Gasteiger partial charge on any atom is -0.491 e. The van der Waals surface area contributed by atoms with Gasteiger partial charge in [0.05, 0.1) is 12.9 Å². The molecule has 2 aromatic heterocycles. The van der Waals surface area contributed by atoms with Crippen molar-refractivity contribution in [2.24, 2.45) is 14.1 Å². The molecule has 0 aliphatic carbocycles. The number of aliphatic hydroxyl groups excluding tert-OH is 1. The highest BCUT2D eigenvalue weighted by Crippen LogP contribution is 2.14. The molecule has 0 radical (unpaired) electrons. The monoisotopic (exact) mass is 386 g/mol. The van der Waals surface area contributed by atoms with Gasteiger partial charge in [0.2, 0.25) is 0 Å². The molecule has 1 atom stereocenters. The van der Waals surface area contributed by atoms with Gasteiger partial charge in [-0.25, -0.2) is 9.78 Å². The van der Waals surface area contributed by atoms with E-state index in [1.807, 2.05) is 0 Å². The largest absolute Gasteiger partial charge is 0.491 e. The van der Waals surface area contributed by atoms with Crippen LogP contribution in [-0.2, 0) is 20.6 Å². The van der Waals surface area contributed by atoms with E-state index < -0.39 is 17.4 Å². The van der Waals surface area contributed by atoms with Crippen molar-refractivity contribution in [2.45, 2.75) is 26.0 Å². The molecule has 0 spiro atoms. The number of hydrogen-bond acceptors (Lipinski definition) is 6. The van der Waals surface area contributed by atoms with Gasteiger partial charge < -0.3 is 14.4 Å². The molecular weight excluding hydrogens is 364 g/mol. The minimum absolute atomic E-state index is 0.00712. The molecule has 0 aliphatic heterocycles. The number of fused-ring (bicyclic) bond motifs is 1. The summed E-state index contributed by atoms with van der Waals surface area (Å²) in [6, 6.07) is 6.71. The van der Waals surface area contributed by atoms with Gasteiger partial charge in [-0.1, -0.05) is 6.92 Å². The van der Waals surface area contributed by atoms with Crippen LogP contribution in [0.4, 0.5) is 0 Å². The van der Waals surface area contributed by atoms with E-state index in [0.717, 1.165) is 4.57 Å². The summed E-state index contributed by atoms with van der Waals surface area (Å²) in [6.07, 6.45) is 0.944. The molecule has 0 amide bonds. The lowest BCUT2D eigenvalue weighted by Gasteiger charge is -2.14. The Hall–Kier alpha value is -3.20. The summed E-state index contributed by atoms with van der Waals surface area (Å²) in [5, 5.41) is 10.3. The van der Waals surface area contributed by atoms with Gasteiger partial charge in [-0.05, 0) is 24.3 Å². The third-order valence-corrected chi connectivity index (χ3v) is 4.56.